The second kappa shape index (κ2) is 32.5. The molecular weight excluding hydrogens is 1060 g/mol. The lowest BCUT2D eigenvalue weighted by Crippen LogP contribution is -2.39. The standard InChI is InChI=1S/C65H88N10O7S/c1-12-20-26-47(16-5)41-72(42-48(17-6)27-21-13-2)61(76)51-30-24-31-52(38-51)68-71-60-46(10)58(67-11)63(78)75(65(60)80)55-36-34-54(35-37-55)74-62(77)57(40-66)45(9)59(64(74)79)70-69-53-32-25-33-56(39-53)83(81,82)73(43-49(18-7)28-22-14-3)44-50(19-8)29-23-15-4/h24-25,30-39,47-50,79-80H,12-23,26-29,41-44H2,1-10H3. The van der Waals surface area contributed by atoms with Crippen LogP contribution in [0.4, 0.5) is 28.4 Å². The Morgan fingerprint density at radius 3 is 1.47 bits per heavy atom. The van der Waals surface area contributed by atoms with Crippen LogP contribution in [0.15, 0.2) is 108 Å². The molecule has 5 rings (SSSR count). The zero-order chi connectivity index (χ0) is 60.8. The lowest BCUT2D eigenvalue weighted by molar-refractivity contribution is 0.0685. The lowest BCUT2D eigenvalue weighted by atomic mass is 9.95. The number of carbonyl (C=O) groups excluding carboxylic acids is 1. The first kappa shape index (κ1) is 66.5. The number of nitrogens with zero attached hydrogens (tertiary/aromatic N) is 10. The van der Waals surface area contributed by atoms with Crippen LogP contribution in [0, 0.1) is 55.4 Å². The molecule has 0 bridgehead atoms. The Morgan fingerprint density at radius 2 is 1.04 bits per heavy atom. The number of sulfonamides is 1. The third-order valence-electron chi connectivity index (χ3n) is 16.1. The summed E-state index contributed by atoms with van der Waals surface area (Å²) in [5, 5.41) is 51.3. The Bertz CT molecular complexity index is 3320. The Balaban J connectivity index is 1.50. The maximum atomic E-state index is 14.6. The number of aromatic nitrogens is 2. The molecule has 0 aliphatic rings. The summed E-state index contributed by atoms with van der Waals surface area (Å²) in [6.45, 7) is 30.1. The maximum absolute atomic E-state index is 14.6. The molecule has 2 aromatic heterocycles. The number of hydrogen-bond acceptors (Lipinski definition) is 12. The van der Waals surface area contributed by atoms with Crippen LogP contribution in [0.1, 0.15) is 185 Å². The zero-order valence-corrected chi connectivity index (χ0v) is 51.5. The summed E-state index contributed by atoms with van der Waals surface area (Å²) in [6.07, 6.45) is 16.0. The van der Waals surface area contributed by atoms with E-state index < -0.39 is 32.9 Å². The van der Waals surface area contributed by atoms with E-state index in [4.69, 9.17) is 6.57 Å². The number of amides is 1. The highest BCUT2D eigenvalue weighted by molar-refractivity contribution is 7.89. The van der Waals surface area contributed by atoms with E-state index in [2.05, 4.69) is 80.7 Å². The Labute approximate surface area is 492 Å². The molecule has 0 fully saturated rings. The first-order valence-corrected chi connectivity index (χ1v) is 31.5. The maximum Gasteiger partial charge on any atom is 0.276 e. The summed E-state index contributed by atoms with van der Waals surface area (Å²) in [5.74, 6) is -0.281. The molecule has 5 aromatic rings. The van der Waals surface area contributed by atoms with Gasteiger partial charge >= 0.3 is 0 Å². The smallest absolute Gasteiger partial charge is 0.276 e. The van der Waals surface area contributed by atoms with Crippen molar-refractivity contribution in [2.45, 2.75) is 177 Å². The van der Waals surface area contributed by atoms with E-state index in [1.807, 2.05) is 11.0 Å². The minimum Gasteiger partial charge on any atom is -0.493 e. The molecule has 446 valence electrons. The molecule has 17 nitrogen and oxygen atoms in total. The summed E-state index contributed by atoms with van der Waals surface area (Å²) in [6, 6.07) is 20.3. The van der Waals surface area contributed by atoms with Gasteiger partial charge in [-0.1, -0.05) is 145 Å². The van der Waals surface area contributed by atoms with Crippen molar-refractivity contribution >= 4 is 44.4 Å². The normalized spacial score (nSPS) is 13.3. The number of hydrogen-bond donors (Lipinski definition) is 2. The third kappa shape index (κ3) is 16.9. The molecule has 0 aliphatic heterocycles. The fraction of sp³-hybridized carbons (Fsp3) is 0.523. The monoisotopic (exact) mass is 1150 g/mol. The summed E-state index contributed by atoms with van der Waals surface area (Å²) >= 11 is 0. The van der Waals surface area contributed by atoms with Gasteiger partial charge in [0.15, 0.2) is 5.69 Å². The Kier molecular flexibility index (Phi) is 26.1. The molecule has 2 N–H and O–H groups in total. The molecule has 3 aromatic carbocycles. The molecule has 0 spiro atoms. The molecule has 4 unspecified atom stereocenters. The van der Waals surface area contributed by atoms with E-state index in [9.17, 15) is 38.3 Å². The number of aromatic hydroxyl groups is 2. The van der Waals surface area contributed by atoms with Gasteiger partial charge in [0.1, 0.15) is 17.3 Å². The van der Waals surface area contributed by atoms with E-state index >= 15 is 0 Å². The highest BCUT2D eigenvalue weighted by Gasteiger charge is 2.30. The summed E-state index contributed by atoms with van der Waals surface area (Å²) in [4.78, 5) is 47.8. The predicted octanol–water partition coefficient (Wildman–Crippen LogP) is 16.6. The fourth-order valence-corrected chi connectivity index (χ4v) is 12.2. The zero-order valence-electron chi connectivity index (χ0n) is 50.7. The van der Waals surface area contributed by atoms with Gasteiger partial charge in [0.05, 0.1) is 34.2 Å². The van der Waals surface area contributed by atoms with Crippen molar-refractivity contribution in [2.75, 3.05) is 26.2 Å². The highest BCUT2D eigenvalue weighted by atomic mass is 32.2. The van der Waals surface area contributed by atoms with Gasteiger partial charge in [0.25, 0.3) is 22.7 Å². The van der Waals surface area contributed by atoms with Crippen LogP contribution in [0.25, 0.3) is 16.2 Å². The van der Waals surface area contributed by atoms with Gasteiger partial charge in [0, 0.05) is 37.3 Å². The van der Waals surface area contributed by atoms with Gasteiger partial charge in [-0.25, -0.2) is 17.8 Å². The molecule has 0 aliphatic carbocycles. The minimum atomic E-state index is -3.99. The number of carbonyl (C=O) groups is 1. The molecule has 0 saturated carbocycles. The number of unbranched alkanes of at least 4 members (excludes halogenated alkanes) is 4. The van der Waals surface area contributed by atoms with E-state index in [0.717, 1.165) is 112 Å². The van der Waals surface area contributed by atoms with Gasteiger partial charge in [-0.15, -0.1) is 10.2 Å². The van der Waals surface area contributed by atoms with Gasteiger partial charge < -0.3 is 15.1 Å². The summed E-state index contributed by atoms with van der Waals surface area (Å²) in [5.41, 5.74) is -1.66. The van der Waals surface area contributed by atoms with Gasteiger partial charge in [-0.3, -0.25) is 19.0 Å². The van der Waals surface area contributed by atoms with Crippen LogP contribution >= 0.6 is 0 Å². The second-order valence-corrected chi connectivity index (χ2v) is 23.9. The van der Waals surface area contributed by atoms with Gasteiger partial charge in [-0.2, -0.15) is 19.8 Å². The average Bonchev–Trinajstić information content (AvgIpc) is 3.23. The molecule has 0 radical (unpaired) electrons. The van der Waals surface area contributed by atoms with Crippen molar-refractivity contribution < 1.29 is 23.4 Å². The van der Waals surface area contributed by atoms with Crippen LogP contribution in [0.2, 0.25) is 0 Å². The SMILES string of the molecule is [C-]#[N+]c1c(C)c(N=Nc2cccc(C(=O)N(CC(CC)CCCC)CC(CC)CCCC)c2)c(O)n(-c2ccc(-n3c(O)c(N=Nc4cccc(S(=O)(=O)N(CC(CC)CCCC)CC(CC)CCCC)c4)c(C)c(C#N)c3=O)cc2)c1=O. The van der Waals surface area contributed by atoms with Crippen molar-refractivity contribution in [3.8, 4) is 29.2 Å². The molecule has 18 heteroatoms. The summed E-state index contributed by atoms with van der Waals surface area (Å²) in [7, 11) is -3.99. The van der Waals surface area contributed by atoms with E-state index in [0.29, 0.717) is 49.3 Å². The largest absolute Gasteiger partial charge is 0.493 e. The van der Waals surface area contributed by atoms with Crippen LogP contribution in [0.5, 0.6) is 11.8 Å². The van der Waals surface area contributed by atoms with Gasteiger partial charge in [-0.05, 0) is 129 Å². The van der Waals surface area contributed by atoms with Crippen molar-refractivity contribution in [1.29, 1.82) is 5.26 Å². The second-order valence-electron chi connectivity index (χ2n) is 22.0. The van der Waals surface area contributed by atoms with E-state index in [1.54, 1.807) is 40.7 Å². The quantitative estimate of drug-likeness (QED) is 0.0303. The van der Waals surface area contributed by atoms with Crippen LogP contribution in [-0.2, 0) is 10.0 Å². The number of rotatable bonds is 33. The first-order chi connectivity index (χ1) is 39.9. The molecule has 2 heterocycles. The highest BCUT2D eigenvalue weighted by Crippen LogP contribution is 2.39. The van der Waals surface area contributed by atoms with Crippen molar-refractivity contribution in [1.82, 2.24) is 18.3 Å². The molecule has 4 atom stereocenters. The van der Waals surface area contributed by atoms with Crippen LogP contribution in [0.3, 0.4) is 0 Å². The minimum absolute atomic E-state index is 0.0348. The van der Waals surface area contributed by atoms with Crippen LogP contribution < -0.4 is 11.1 Å². The number of azo groups is 2. The van der Waals surface area contributed by atoms with Crippen molar-refractivity contribution in [3.63, 3.8) is 0 Å². The topological polar surface area (TPSA) is 220 Å². The van der Waals surface area contributed by atoms with Crippen molar-refractivity contribution in [3.05, 3.63) is 127 Å². The fourth-order valence-electron chi connectivity index (χ4n) is 10.6. The lowest BCUT2D eigenvalue weighted by Gasteiger charge is -2.31. The Hall–Kier alpha value is -7.28. The van der Waals surface area contributed by atoms with Crippen LogP contribution in [-0.4, -0.2) is 69.1 Å². The predicted molar refractivity (Wildman–Crippen MR) is 331 cm³/mol. The van der Waals surface area contributed by atoms with E-state index in [-0.39, 0.29) is 73.5 Å². The average molecular weight is 1150 g/mol. The molecule has 0 saturated heterocycles. The molecule has 1 amide bonds. The van der Waals surface area contributed by atoms with Gasteiger partial charge in [0.2, 0.25) is 21.8 Å². The third-order valence-corrected chi connectivity index (χ3v) is 17.9. The molecular formula is C65H88N10O7S. The molecule has 83 heavy (non-hydrogen) atoms. The first-order valence-electron chi connectivity index (χ1n) is 30.1. The van der Waals surface area contributed by atoms with E-state index in [1.165, 1.54) is 50.2 Å². The Morgan fingerprint density at radius 1 is 0.614 bits per heavy atom. The number of benzene rings is 3. The van der Waals surface area contributed by atoms with Crippen molar-refractivity contribution in [2.24, 2.45) is 44.1 Å². The summed E-state index contributed by atoms with van der Waals surface area (Å²) < 4.78 is 32.5. The number of nitriles is 1. The number of pyridine rings is 2.